The SMILES string of the molecule is C=CC(C)C(C)CC=O. The maximum absolute atomic E-state index is 10.0. The molecule has 0 rings (SSSR count). The second-order valence-corrected chi connectivity index (χ2v) is 2.47. The second-order valence-electron chi connectivity index (χ2n) is 2.47. The van der Waals surface area contributed by atoms with Gasteiger partial charge in [-0.3, -0.25) is 0 Å². The Balaban J connectivity index is 3.56. The van der Waals surface area contributed by atoms with E-state index in [1.165, 1.54) is 0 Å². The van der Waals surface area contributed by atoms with E-state index in [1.807, 2.05) is 6.08 Å². The zero-order valence-electron chi connectivity index (χ0n) is 6.13. The number of rotatable bonds is 4. The number of carbonyl (C=O) groups is 1. The third-order valence-corrected chi connectivity index (χ3v) is 1.74. The molecule has 2 unspecified atom stereocenters. The van der Waals surface area contributed by atoms with E-state index in [0.717, 1.165) is 6.29 Å². The summed E-state index contributed by atoms with van der Waals surface area (Å²) < 4.78 is 0. The Morgan fingerprint density at radius 1 is 1.56 bits per heavy atom. The van der Waals surface area contributed by atoms with E-state index in [9.17, 15) is 4.79 Å². The van der Waals surface area contributed by atoms with Crippen molar-refractivity contribution >= 4 is 6.29 Å². The molecule has 0 saturated carbocycles. The van der Waals surface area contributed by atoms with Crippen LogP contribution in [0.15, 0.2) is 12.7 Å². The summed E-state index contributed by atoms with van der Waals surface area (Å²) in [6.07, 6.45) is 3.49. The zero-order chi connectivity index (χ0) is 7.28. The summed E-state index contributed by atoms with van der Waals surface area (Å²) in [7, 11) is 0. The maximum atomic E-state index is 10.0. The van der Waals surface area contributed by atoms with Crippen LogP contribution in [0.3, 0.4) is 0 Å². The van der Waals surface area contributed by atoms with E-state index in [2.05, 4.69) is 20.4 Å². The number of carbonyl (C=O) groups excluding carboxylic acids is 1. The van der Waals surface area contributed by atoms with Crippen LogP contribution in [0.4, 0.5) is 0 Å². The second kappa shape index (κ2) is 4.30. The first-order valence-corrected chi connectivity index (χ1v) is 3.28. The molecule has 0 aliphatic rings. The molecule has 0 aromatic carbocycles. The fraction of sp³-hybridized carbons (Fsp3) is 0.625. The largest absolute Gasteiger partial charge is 0.303 e. The minimum atomic E-state index is 0.444. The summed E-state index contributed by atoms with van der Waals surface area (Å²) in [6.45, 7) is 7.77. The van der Waals surface area contributed by atoms with Gasteiger partial charge in [-0.2, -0.15) is 0 Å². The van der Waals surface area contributed by atoms with Crippen molar-refractivity contribution in [2.24, 2.45) is 11.8 Å². The molecular weight excluding hydrogens is 112 g/mol. The number of hydrogen-bond donors (Lipinski definition) is 0. The van der Waals surface area contributed by atoms with E-state index < -0.39 is 0 Å². The summed E-state index contributed by atoms with van der Waals surface area (Å²) in [5.41, 5.74) is 0. The Morgan fingerprint density at radius 3 is 2.44 bits per heavy atom. The molecule has 1 nitrogen and oxygen atoms in total. The van der Waals surface area contributed by atoms with Crippen LogP contribution in [-0.4, -0.2) is 6.29 Å². The quantitative estimate of drug-likeness (QED) is 0.416. The first-order chi connectivity index (χ1) is 4.22. The minimum Gasteiger partial charge on any atom is -0.303 e. The van der Waals surface area contributed by atoms with Crippen LogP contribution in [0, 0.1) is 11.8 Å². The lowest BCUT2D eigenvalue weighted by Crippen LogP contribution is -2.04. The summed E-state index contributed by atoms with van der Waals surface area (Å²) >= 11 is 0. The smallest absolute Gasteiger partial charge is 0.120 e. The average Bonchev–Trinajstić information content (AvgIpc) is 1.87. The highest BCUT2D eigenvalue weighted by Gasteiger charge is 2.06. The minimum absolute atomic E-state index is 0.444. The average molecular weight is 126 g/mol. The topological polar surface area (TPSA) is 17.1 Å². The van der Waals surface area contributed by atoms with Gasteiger partial charge in [0.15, 0.2) is 0 Å². The first-order valence-electron chi connectivity index (χ1n) is 3.28. The molecule has 0 bridgehead atoms. The number of hydrogen-bond acceptors (Lipinski definition) is 1. The Labute approximate surface area is 56.8 Å². The van der Waals surface area contributed by atoms with Gasteiger partial charge in [0.1, 0.15) is 6.29 Å². The van der Waals surface area contributed by atoms with Crippen molar-refractivity contribution in [1.82, 2.24) is 0 Å². The lowest BCUT2D eigenvalue weighted by atomic mass is 9.94. The van der Waals surface area contributed by atoms with Crippen LogP contribution in [-0.2, 0) is 4.79 Å². The van der Waals surface area contributed by atoms with Crippen LogP contribution in [0.1, 0.15) is 20.3 Å². The van der Waals surface area contributed by atoms with Gasteiger partial charge in [0.25, 0.3) is 0 Å². The van der Waals surface area contributed by atoms with Crippen LogP contribution >= 0.6 is 0 Å². The third-order valence-electron chi connectivity index (χ3n) is 1.74. The predicted molar refractivity (Wildman–Crippen MR) is 39.2 cm³/mol. The lowest BCUT2D eigenvalue weighted by Gasteiger charge is -2.11. The highest BCUT2D eigenvalue weighted by atomic mass is 16.1. The van der Waals surface area contributed by atoms with Gasteiger partial charge in [-0.15, -0.1) is 6.58 Å². The van der Waals surface area contributed by atoms with Crippen LogP contribution in [0.2, 0.25) is 0 Å². The molecule has 0 spiro atoms. The van der Waals surface area contributed by atoms with Gasteiger partial charge in [-0.25, -0.2) is 0 Å². The molecule has 0 amide bonds. The summed E-state index contributed by atoms with van der Waals surface area (Å²) in [4.78, 5) is 10.0. The molecule has 52 valence electrons. The highest BCUT2D eigenvalue weighted by molar-refractivity contribution is 5.49. The molecule has 0 saturated heterocycles. The molecule has 0 N–H and O–H groups in total. The standard InChI is InChI=1S/C8H14O/c1-4-7(2)8(3)5-6-9/h4,6-8H,1,5H2,2-3H3. The van der Waals surface area contributed by atoms with Crippen molar-refractivity contribution in [2.45, 2.75) is 20.3 Å². The summed E-state index contributed by atoms with van der Waals surface area (Å²) in [5.74, 6) is 0.898. The Hall–Kier alpha value is -0.590. The van der Waals surface area contributed by atoms with Crippen molar-refractivity contribution in [3.05, 3.63) is 12.7 Å². The van der Waals surface area contributed by atoms with Crippen LogP contribution < -0.4 is 0 Å². The first kappa shape index (κ1) is 8.41. The Bertz CT molecular complexity index is 96.7. The summed E-state index contributed by atoms with van der Waals surface area (Å²) in [5, 5.41) is 0. The molecule has 0 aliphatic carbocycles. The van der Waals surface area contributed by atoms with E-state index in [0.29, 0.717) is 18.3 Å². The third kappa shape index (κ3) is 3.07. The number of aldehydes is 1. The molecule has 0 aromatic heterocycles. The van der Waals surface area contributed by atoms with E-state index in [-0.39, 0.29) is 0 Å². The Morgan fingerprint density at radius 2 is 2.11 bits per heavy atom. The lowest BCUT2D eigenvalue weighted by molar-refractivity contribution is -0.108. The predicted octanol–water partition coefficient (Wildman–Crippen LogP) is 2.03. The maximum Gasteiger partial charge on any atom is 0.120 e. The van der Waals surface area contributed by atoms with Crippen molar-refractivity contribution in [3.8, 4) is 0 Å². The fourth-order valence-electron chi connectivity index (χ4n) is 0.599. The molecule has 0 fully saturated rings. The normalized spacial score (nSPS) is 16.2. The van der Waals surface area contributed by atoms with Gasteiger partial charge in [-0.1, -0.05) is 19.9 Å². The molecule has 9 heavy (non-hydrogen) atoms. The van der Waals surface area contributed by atoms with Gasteiger partial charge in [0.2, 0.25) is 0 Å². The molecule has 2 atom stereocenters. The molecule has 0 radical (unpaired) electrons. The molecule has 1 heteroatoms. The number of allylic oxidation sites excluding steroid dienone is 1. The van der Waals surface area contributed by atoms with Gasteiger partial charge < -0.3 is 4.79 Å². The van der Waals surface area contributed by atoms with Gasteiger partial charge in [0, 0.05) is 6.42 Å². The van der Waals surface area contributed by atoms with Crippen molar-refractivity contribution in [3.63, 3.8) is 0 Å². The van der Waals surface area contributed by atoms with Gasteiger partial charge >= 0.3 is 0 Å². The zero-order valence-corrected chi connectivity index (χ0v) is 6.13. The van der Waals surface area contributed by atoms with Crippen LogP contribution in [0.25, 0.3) is 0 Å². The van der Waals surface area contributed by atoms with Gasteiger partial charge in [0.05, 0.1) is 0 Å². The summed E-state index contributed by atoms with van der Waals surface area (Å²) in [6, 6.07) is 0. The molecule has 0 aromatic rings. The molecular formula is C8H14O. The van der Waals surface area contributed by atoms with E-state index in [1.54, 1.807) is 0 Å². The molecule has 0 aliphatic heterocycles. The van der Waals surface area contributed by atoms with Crippen molar-refractivity contribution < 1.29 is 4.79 Å². The van der Waals surface area contributed by atoms with E-state index in [4.69, 9.17) is 0 Å². The van der Waals surface area contributed by atoms with Gasteiger partial charge in [-0.05, 0) is 11.8 Å². The monoisotopic (exact) mass is 126 g/mol. The van der Waals surface area contributed by atoms with Crippen molar-refractivity contribution in [2.75, 3.05) is 0 Å². The molecule has 0 heterocycles. The fourth-order valence-corrected chi connectivity index (χ4v) is 0.599. The Kier molecular flexibility index (Phi) is 4.02. The highest BCUT2D eigenvalue weighted by Crippen LogP contribution is 2.13. The van der Waals surface area contributed by atoms with Crippen molar-refractivity contribution in [1.29, 1.82) is 0 Å². The van der Waals surface area contributed by atoms with E-state index >= 15 is 0 Å². The van der Waals surface area contributed by atoms with Crippen LogP contribution in [0.5, 0.6) is 0 Å².